The van der Waals surface area contributed by atoms with Gasteiger partial charge in [-0.2, -0.15) is 18.2 Å². The van der Waals surface area contributed by atoms with E-state index in [4.69, 9.17) is 4.74 Å². The molecular formula is C18H13F3N4O2. The first-order valence-corrected chi connectivity index (χ1v) is 8.04. The van der Waals surface area contributed by atoms with Crippen LogP contribution in [0.4, 0.5) is 19.1 Å². The van der Waals surface area contributed by atoms with Crippen molar-refractivity contribution in [1.82, 2.24) is 15.2 Å². The van der Waals surface area contributed by atoms with E-state index in [0.717, 1.165) is 17.7 Å². The van der Waals surface area contributed by atoms with Gasteiger partial charge < -0.3 is 4.74 Å². The molecule has 138 valence electrons. The van der Waals surface area contributed by atoms with E-state index in [-0.39, 0.29) is 29.9 Å². The molecule has 1 aromatic heterocycles. The Bertz CT molecular complexity index is 1000. The second-order valence-electron chi connectivity index (χ2n) is 5.98. The van der Waals surface area contributed by atoms with Gasteiger partial charge in [0.1, 0.15) is 18.3 Å². The lowest BCUT2D eigenvalue weighted by Crippen LogP contribution is -2.22. The molecule has 0 spiro atoms. The molecule has 1 aliphatic rings. The van der Waals surface area contributed by atoms with Gasteiger partial charge in [-0.25, -0.2) is 0 Å². The molecule has 1 aliphatic heterocycles. The van der Waals surface area contributed by atoms with E-state index in [2.05, 4.69) is 20.5 Å². The molecule has 2 heterocycles. The lowest BCUT2D eigenvalue weighted by atomic mass is 10.0. The first-order chi connectivity index (χ1) is 12.9. The minimum absolute atomic E-state index is 0.0169. The lowest BCUT2D eigenvalue weighted by molar-refractivity contribution is -0.137. The molecule has 6 nitrogen and oxygen atoms in total. The van der Waals surface area contributed by atoms with Crippen LogP contribution in [-0.4, -0.2) is 27.7 Å². The van der Waals surface area contributed by atoms with E-state index in [1.165, 1.54) is 12.1 Å². The third kappa shape index (κ3) is 3.35. The van der Waals surface area contributed by atoms with Gasteiger partial charge in [-0.15, -0.1) is 5.10 Å². The largest absolute Gasteiger partial charge is 0.492 e. The number of halogens is 3. The maximum Gasteiger partial charge on any atom is 0.416 e. The van der Waals surface area contributed by atoms with Gasteiger partial charge >= 0.3 is 6.18 Å². The second-order valence-corrected chi connectivity index (χ2v) is 5.98. The van der Waals surface area contributed by atoms with Crippen molar-refractivity contribution in [3.05, 3.63) is 59.7 Å². The average Bonchev–Trinajstić information content (AvgIpc) is 3.28. The molecule has 4 rings (SSSR count). The van der Waals surface area contributed by atoms with Crippen LogP contribution in [0.25, 0.3) is 11.4 Å². The molecule has 0 radical (unpaired) electrons. The lowest BCUT2D eigenvalue weighted by Gasteiger charge is -2.07. The molecule has 2 N–H and O–H groups in total. The Balaban J connectivity index is 1.52. The van der Waals surface area contributed by atoms with Gasteiger partial charge in [0, 0.05) is 11.1 Å². The summed E-state index contributed by atoms with van der Waals surface area (Å²) < 4.78 is 44.0. The summed E-state index contributed by atoms with van der Waals surface area (Å²) in [5.74, 6) is -0.0974. The number of ether oxygens (including phenoxy) is 1. The fourth-order valence-corrected chi connectivity index (χ4v) is 2.87. The molecular weight excluding hydrogens is 361 g/mol. The zero-order valence-electron chi connectivity index (χ0n) is 13.7. The van der Waals surface area contributed by atoms with Gasteiger partial charge in [-0.1, -0.05) is 30.3 Å². The Hall–Kier alpha value is -3.36. The molecule has 27 heavy (non-hydrogen) atoms. The van der Waals surface area contributed by atoms with Gasteiger partial charge in [-0.05, 0) is 18.2 Å². The fraction of sp³-hybridized carbons (Fsp3) is 0.167. The first kappa shape index (κ1) is 17.1. The number of anilines is 1. The van der Waals surface area contributed by atoms with E-state index >= 15 is 0 Å². The quantitative estimate of drug-likeness (QED) is 0.734. The van der Waals surface area contributed by atoms with Crippen molar-refractivity contribution < 1.29 is 22.7 Å². The Morgan fingerprint density at radius 2 is 2.00 bits per heavy atom. The van der Waals surface area contributed by atoms with Crippen LogP contribution in [0.2, 0.25) is 0 Å². The molecule has 0 bridgehead atoms. The highest BCUT2D eigenvalue weighted by Crippen LogP contribution is 2.34. The number of hydrogen-bond acceptors (Lipinski definition) is 4. The number of aromatic amines is 1. The van der Waals surface area contributed by atoms with E-state index in [1.54, 1.807) is 12.1 Å². The average molecular weight is 374 g/mol. The van der Waals surface area contributed by atoms with E-state index in [0.29, 0.717) is 5.75 Å². The van der Waals surface area contributed by atoms with Crippen LogP contribution in [-0.2, 0) is 11.0 Å². The number of H-pyrrole nitrogens is 1. The molecule has 0 fully saturated rings. The van der Waals surface area contributed by atoms with E-state index in [9.17, 15) is 18.0 Å². The van der Waals surface area contributed by atoms with E-state index in [1.807, 2.05) is 12.1 Å². The predicted octanol–water partition coefficient (Wildman–Crippen LogP) is 3.61. The number of para-hydroxylation sites is 1. The number of aromatic nitrogens is 3. The molecule has 3 aromatic rings. The number of alkyl halides is 3. The van der Waals surface area contributed by atoms with Crippen molar-refractivity contribution in [2.24, 2.45) is 0 Å². The molecule has 0 saturated carbocycles. The molecule has 9 heteroatoms. The highest BCUT2D eigenvalue weighted by Gasteiger charge is 2.32. The van der Waals surface area contributed by atoms with Gasteiger partial charge in [0.15, 0.2) is 5.82 Å². The van der Waals surface area contributed by atoms with Crippen LogP contribution in [0.1, 0.15) is 17.0 Å². The number of hydrogen-bond donors (Lipinski definition) is 2. The van der Waals surface area contributed by atoms with Crippen LogP contribution in [0.3, 0.4) is 0 Å². The molecule has 0 aliphatic carbocycles. The standard InChI is InChI=1S/C18H13F3N4O2/c19-18(20,21)11-5-3-4-10(8-11)15-22-17(25-24-15)23-16(26)13-9-27-14-7-2-1-6-12(13)14/h1-8,13H,9H2,(H2,22,23,24,25,26). The summed E-state index contributed by atoms with van der Waals surface area (Å²) in [6.07, 6.45) is -4.46. The smallest absolute Gasteiger partial charge is 0.416 e. The maximum atomic E-state index is 12.8. The minimum atomic E-state index is -4.46. The topological polar surface area (TPSA) is 79.9 Å². The Labute approximate surface area is 151 Å². The number of amides is 1. The summed E-state index contributed by atoms with van der Waals surface area (Å²) in [5.41, 5.74) is 0.192. The number of carbonyl (C=O) groups excluding carboxylic acids is 1. The summed E-state index contributed by atoms with van der Waals surface area (Å²) in [7, 11) is 0. The summed E-state index contributed by atoms with van der Waals surface area (Å²) in [6, 6.07) is 11.9. The maximum absolute atomic E-state index is 12.8. The van der Waals surface area contributed by atoms with Crippen LogP contribution in [0.5, 0.6) is 5.75 Å². The van der Waals surface area contributed by atoms with Gasteiger partial charge in [-0.3, -0.25) is 15.2 Å². The summed E-state index contributed by atoms with van der Waals surface area (Å²) in [5, 5.41) is 8.97. The van der Waals surface area contributed by atoms with Crippen LogP contribution < -0.4 is 10.1 Å². The van der Waals surface area contributed by atoms with Gasteiger partial charge in [0.05, 0.1) is 5.56 Å². The Kier molecular flexibility index (Phi) is 4.06. The normalized spacial score (nSPS) is 15.9. The minimum Gasteiger partial charge on any atom is -0.492 e. The molecule has 1 unspecified atom stereocenters. The Morgan fingerprint density at radius 3 is 2.81 bits per heavy atom. The Morgan fingerprint density at radius 1 is 1.19 bits per heavy atom. The molecule has 1 amide bonds. The van der Waals surface area contributed by atoms with Gasteiger partial charge in [0.2, 0.25) is 11.9 Å². The van der Waals surface area contributed by atoms with Crippen molar-refractivity contribution in [1.29, 1.82) is 0 Å². The number of nitrogens with one attached hydrogen (secondary N) is 2. The number of nitrogens with zero attached hydrogens (tertiary/aromatic N) is 2. The third-order valence-corrected chi connectivity index (χ3v) is 4.20. The molecule has 2 aromatic carbocycles. The van der Waals surface area contributed by atoms with Gasteiger partial charge in [0.25, 0.3) is 0 Å². The SMILES string of the molecule is O=C(Nc1n[nH]c(-c2cccc(C(F)(F)F)c2)n1)C1COc2ccccc21. The predicted molar refractivity (Wildman–Crippen MR) is 90.1 cm³/mol. The third-order valence-electron chi connectivity index (χ3n) is 4.20. The van der Waals surface area contributed by atoms with Crippen molar-refractivity contribution in [3.8, 4) is 17.1 Å². The highest BCUT2D eigenvalue weighted by atomic mass is 19.4. The van der Waals surface area contributed by atoms with Crippen molar-refractivity contribution >= 4 is 11.9 Å². The van der Waals surface area contributed by atoms with Crippen LogP contribution in [0.15, 0.2) is 48.5 Å². The van der Waals surface area contributed by atoms with Crippen molar-refractivity contribution in [2.45, 2.75) is 12.1 Å². The highest BCUT2D eigenvalue weighted by molar-refractivity contribution is 5.95. The number of fused-ring (bicyclic) bond motifs is 1. The van der Waals surface area contributed by atoms with Crippen LogP contribution in [0, 0.1) is 0 Å². The zero-order valence-corrected chi connectivity index (χ0v) is 13.7. The van der Waals surface area contributed by atoms with Crippen LogP contribution >= 0.6 is 0 Å². The summed E-state index contributed by atoms with van der Waals surface area (Å²) in [6.45, 7) is 0.204. The number of rotatable bonds is 3. The molecule has 0 saturated heterocycles. The van der Waals surface area contributed by atoms with E-state index < -0.39 is 17.7 Å². The number of benzene rings is 2. The monoisotopic (exact) mass is 374 g/mol. The summed E-state index contributed by atoms with van der Waals surface area (Å²) >= 11 is 0. The van der Waals surface area contributed by atoms with Crippen molar-refractivity contribution in [3.63, 3.8) is 0 Å². The molecule has 1 atom stereocenters. The summed E-state index contributed by atoms with van der Waals surface area (Å²) in [4.78, 5) is 16.5. The fourth-order valence-electron chi connectivity index (χ4n) is 2.87. The van der Waals surface area contributed by atoms with Crippen molar-refractivity contribution in [2.75, 3.05) is 11.9 Å². The number of carbonyl (C=O) groups is 1. The first-order valence-electron chi connectivity index (χ1n) is 8.04. The zero-order chi connectivity index (χ0) is 19.0. The second kappa shape index (κ2) is 6.42.